The van der Waals surface area contributed by atoms with Crippen LogP contribution in [0.5, 0.6) is 0 Å². The van der Waals surface area contributed by atoms with Gasteiger partial charge in [-0.2, -0.15) is 0 Å². The van der Waals surface area contributed by atoms with Crippen LogP contribution in [0.25, 0.3) is 11.3 Å². The van der Waals surface area contributed by atoms with E-state index in [1.165, 1.54) is 46.0 Å². The van der Waals surface area contributed by atoms with Crippen LogP contribution in [0.1, 0.15) is 40.8 Å². The van der Waals surface area contributed by atoms with Crippen LogP contribution in [0, 0.1) is 0 Å². The molecule has 3 heteroatoms. The summed E-state index contributed by atoms with van der Waals surface area (Å²) in [5.74, 6) is 0. The van der Waals surface area contributed by atoms with Gasteiger partial charge in [0.2, 0.25) is 0 Å². The summed E-state index contributed by atoms with van der Waals surface area (Å²) < 4.78 is 0. The summed E-state index contributed by atoms with van der Waals surface area (Å²) in [6.07, 6.45) is 4.97. The number of aromatic nitrogens is 1. The molecule has 1 fully saturated rings. The van der Waals surface area contributed by atoms with Crippen LogP contribution < -0.4 is 5.32 Å². The van der Waals surface area contributed by atoms with E-state index < -0.39 is 0 Å². The topological polar surface area (TPSA) is 24.9 Å². The number of nitrogens with zero attached hydrogens (tertiary/aromatic N) is 1. The van der Waals surface area contributed by atoms with Gasteiger partial charge in [0.25, 0.3) is 0 Å². The lowest BCUT2D eigenvalue weighted by molar-refractivity contribution is 0.411. The van der Waals surface area contributed by atoms with Crippen molar-refractivity contribution in [2.45, 2.75) is 31.7 Å². The predicted molar refractivity (Wildman–Crippen MR) is 75.0 cm³/mol. The lowest BCUT2D eigenvalue weighted by Gasteiger charge is -2.21. The summed E-state index contributed by atoms with van der Waals surface area (Å²) in [6.45, 7) is 1.14. The Morgan fingerprint density at radius 1 is 1.22 bits per heavy atom. The lowest BCUT2D eigenvalue weighted by Crippen LogP contribution is -2.26. The van der Waals surface area contributed by atoms with Gasteiger partial charge in [-0.25, -0.2) is 4.98 Å². The summed E-state index contributed by atoms with van der Waals surface area (Å²) in [4.78, 5) is 6.37. The molecule has 92 valence electrons. The number of rotatable bonds is 1. The summed E-state index contributed by atoms with van der Waals surface area (Å²) in [5.41, 5.74) is 4.04. The highest BCUT2D eigenvalue weighted by Crippen LogP contribution is 2.41. The summed E-state index contributed by atoms with van der Waals surface area (Å²) in [5, 5.41) is 4.90. The van der Waals surface area contributed by atoms with Gasteiger partial charge in [0.15, 0.2) is 0 Å². The number of hydrogen-bond acceptors (Lipinski definition) is 3. The van der Waals surface area contributed by atoms with Crippen molar-refractivity contribution in [3.8, 4) is 11.3 Å². The first-order valence-corrected chi connectivity index (χ1v) is 7.55. The van der Waals surface area contributed by atoms with E-state index in [4.69, 9.17) is 4.98 Å². The normalized spacial score (nSPS) is 21.7. The fourth-order valence-corrected chi connectivity index (χ4v) is 4.20. The van der Waals surface area contributed by atoms with E-state index in [1.807, 2.05) is 11.3 Å². The van der Waals surface area contributed by atoms with Crippen LogP contribution in [0.4, 0.5) is 0 Å². The minimum Gasteiger partial charge on any atom is -0.308 e. The molecule has 4 rings (SSSR count). The van der Waals surface area contributed by atoms with Gasteiger partial charge in [-0.15, -0.1) is 11.3 Å². The standard InChI is InChI=1S/C15H16N2S/c1-2-6-11-10(5-1)9-13-14(11)17-15(18-13)12-7-3-4-8-16-12/h1-2,5-6,12,16H,3-4,7-9H2. The van der Waals surface area contributed by atoms with Crippen LogP contribution in [0.3, 0.4) is 0 Å². The fraction of sp³-hybridized carbons (Fsp3) is 0.400. The maximum Gasteiger partial charge on any atom is 0.111 e. The third-order valence-electron chi connectivity index (χ3n) is 3.95. The first-order chi connectivity index (χ1) is 8.92. The van der Waals surface area contributed by atoms with Crippen molar-refractivity contribution in [2.24, 2.45) is 0 Å². The molecule has 1 aliphatic heterocycles. The van der Waals surface area contributed by atoms with Gasteiger partial charge in [0, 0.05) is 16.9 Å². The SMILES string of the molecule is c1ccc2c(c1)Cc1sc(C3CCCCN3)nc1-2. The molecule has 0 bridgehead atoms. The maximum atomic E-state index is 4.91. The Labute approximate surface area is 111 Å². The molecule has 18 heavy (non-hydrogen) atoms. The summed E-state index contributed by atoms with van der Waals surface area (Å²) >= 11 is 1.91. The number of fused-ring (bicyclic) bond motifs is 3. The molecule has 1 aromatic carbocycles. The Hall–Kier alpha value is -1.19. The van der Waals surface area contributed by atoms with Gasteiger partial charge in [-0.1, -0.05) is 30.7 Å². The van der Waals surface area contributed by atoms with Crippen LogP contribution in [0.15, 0.2) is 24.3 Å². The molecular weight excluding hydrogens is 240 g/mol. The van der Waals surface area contributed by atoms with Gasteiger partial charge >= 0.3 is 0 Å². The van der Waals surface area contributed by atoms with E-state index in [1.54, 1.807) is 0 Å². The van der Waals surface area contributed by atoms with Gasteiger partial charge in [-0.3, -0.25) is 0 Å². The van der Waals surface area contributed by atoms with Crippen molar-refractivity contribution >= 4 is 11.3 Å². The molecule has 1 atom stereocenters. The summed E-state index contributed by atoms with van der Waals surface area (Å²) in [7, 11) is 0. The Morgan fingerprint density at radius 3 is 3.06 bits per heavy atom. The molecule has 1 aromatic heterocycles. The highest BCUT2D eigenvalue weighted by atomic mass is 32.1. The number of thiazole rings is 1. The van der Waals surface area contributed by atoms with Crippen LogP contribution in [-0.4, -0.2) is 11.5 Å². The Kier molecular flexibility index (Phi) is 2.49. The van der Waals surface area contributed by atoms with Crippen molar-refractivity contribution in [2.75, 3.05) is 6.54 Å². The number of nitrogens with one attached hydrogen (secondary N) is 1. The van der Waals surface area contributed by atoms with E-state index in [9.17, 15) is 0 Å². The first kappa shape index (κ1) is 10.7. The Balaban J connectivity index is 1.71. The fourth-order valence-electron chi connectivity index (χ4n) is 2.99. The molecule has 1 N–H and O–H groups in total. The van der Waals surface area contributed by atoms with Crippen molar-refractivity contribution in [3.05, 3.63) is 39.7 Å². The quantitative estimate of drug-likeness (QED) is 0.720. The van der Waals surface area contributed by atoms with E-state index in [0.29, 0.717) is 6.04 Å². The molecule has 1 saturated heterocycles. The average Bonchev–Trinajstić information content (AvgIpc) is 2.97. The lowest BCUT2D eigenvalue weighted by atomic mass is 10.1. The number of hydrogen-bond donors (Lipinski definition) is 1. The predicted octanol–water partition coefficient (Wildman–Crippen LogP) is 3.53. The monoisotopic (exact) mass is 256 g/mol. The molecule has 2 aromatic rings. The Morgan fingerprint density at radius 2 is 2.17 bits per heavy atom. The third kappa shape index (κ3) is 1.62. The minimum absolute atomic E-state index is 0.501. The van der Waals surface area contributed by atoms with Crippen molar-refractivity contribution in [3.63, 3.8) is 0 Å². The highest BCUT2D eigenvalue weighted by Gasteiger charge is 2.26. The second-order valence-corrected chi connectivity index (χ2v) is 6.28. The molecule has 2 aliphatic rings. The smallest absolute Gasteiger partial charge is 0.111 e. The number of piperidine rings is 1. The van der Waals surface area contributed by atoms with Gasteiger partial charge in [0.05, 0.1) is 11.7 Å². The molecule has 1 unspecified atom stereocenters. The molecule has 0 amide bonds. The van der Waals surface area contributed by atoms with Gasteiger partial charge in [0.1, 0.15) is 5.01 Å². The maximum absolute atomic E-state index is 4.91. The van der Waals surface area contributed by atoms with E-state index in [2.05, 4.69) is 29.6 Å². The van der Waals surface area contributed by atoms with Gasteiger partial charge < -0.3 is 5.32 Å². The van der Waals surface area contributed by atoms with Crippen LogP contribution >= 0.6 is 11.3 Å². The average molecular weight is 256 g/mol. The Bertz CT molecular complexity index is 582. The van der Waals surface area contributed by atoms with Crippen molar-refractivity contribution in [1.29, 1.82) is 0 Å². The molecule has 1 aliphatic carbocycles. The zero-order chi connectivity index (χ0) is 11.9. The highest BCUT2D eigenvalue weighted by molar-refractivity contribution is 7.12. The van der Waals surface area contributed by atoms with Crippen LogP contribution in [0.2, 0.25) is 0 Å². The van der Waals surface area contributed by atoms with E-state index in [0.717, 1.165) is 13.0 Å². The van der Waals surface area contributed by atoms with E-state index >= 15 is 0 Å². The molecule has 0 radical (unpaired) electrons. The third-order valence-corrected chi connectivity index (χ3v) is 5.11. The van der Waals surface area contributed by atoms with Crippen molar-refractivity contribution < 1.29 is 0 Å². The summed E-state index contributed by atoms with van der Waals surface area (Å²) in [6, 6.07) is 9.17. The minimum atomic E-state index is 0.501. The number of benzene rings is 1. The zero-order valence-electron chi connectivity index (χ0n) is 10.3. The van der Waals surface area contributed by atoms with Crippen LogP contribution in [-0.2, 0) is 6.42 Å². The van der Waals surface area contributed by atoms with Crippen molar-refractivity contribution in [1.82, 2.24) is 10.3 Å². The second kappa shape index (κ2) is 4.18. The molecule has 0 saturated carbocycles. The molecule has 0 spiro atoms. The first-order valence-electron chi connectivity index (χ1n) is 6.73. The molecular formula is C15H16N2S. The molecule has 2 heterocycles. The van der Waals surface area contributed by atoms with Gasteiger partial charge in [-0.05, 0) is 24.9 Å². The zero-order valence-corrected chi connectivity index (χ0v) is 11.1. The largest absolute Gasteiger partial charge is 0.308 e. The van der Waals surface area contributed by atoms with E-state index in [-0.39, 0.29) is 0 Å². The second-order valence-electron chi connectivity index (χ2n) is 5.16. The molecule has 2 nitrogen and oxygen atoms in total.